The highest BCUT2D eigenvalue weighted by molar-refractivity contribution is 4.89. The van der Waals surface area contributed by atoms with Crippen LogP contribution < -0.4 is 5.32 Å². The SMILES string of the molecule is CCN(C)CC1(CNCC(C)C)CCCC(C)C1. The summed E-state index contributed by atoms with van der Waals surface area (Å²) in [7, 11) is 2.27. The molecule has 1 aliphatic carbocycles. The van der Waals surface area contributed by atoms with Gasteiger partial charge in [0.1, 0.15) is 0 Å². The molecule has 0 aromatic rings. The van der Waals surface area contributed by atoms with Crippen molar-refractivity contribution in [2.45, 2.75) is 53.4 Å². The Morgan fingerprint density at radius 2 is 2.11 bits per heavy atom. The number of hydrogen-bond donors (Lipinski definition) is 1. The molecule has 1 N–H and O–H groups in total. The summed E-state index contributed by atoms with van der Waals surface area (Å²) < 4.78 is 0. The third-order valence-corrected chi connectivity index (χ3v) is 4.38. The van der Waals surface area contributed by atoms with Crippen molar-refractivity contribution in [2.24, 2.45) is 17.3 Å². The molecule has 0 radical (unpaired) electrons. The maximum atomic E-state index is 3.72. The first kappa shape index (κ1) is 16.0. The van der Waals surface area contributed by atoms with Crippen molar-refractivity contribution >= 4 is 0 Å². The van der Waals surface area contributed by atoms with Crippen LogP contribution in [0.15, 0.2) is 0 Å². The second-order valence-corrected chi connectivity index (χ2v) is 7.06. The first-order chi connectivity index (χ1) is 8.47. The molecule has 18 heavy (non-hydrogen) atoms. The largest absolute Gasteiger partial charge is 0.316 e. The van der Waals surface area contributed by atoms with Gasteiger partial charge in [-0.2, -0.15) is 0 Å². The summed E-state index contributed by atoms with van der Waals surface area (Å²) in [6.45, 7) is 14.1. The predicted molar refractivity (Wildman–Crippen MR) is 80.9 cm³/mol. The zero-order valence-corrected chi connectivity index (χ0v) is 13.3. The highest BCUT2D eigenvalue weighted by atomic mass is 15.1. The van der Waals surface area contributed by atoms with E-state index in [9.17, 15) is 0 Å². The summed E-state index contributed by atoms with van der Waals surface area (Å²) in [6.07, 6.45) is 5.67. The van der Waals surface area contributed by atoms with Crippen LogP contribution in [-0.4, -0.2) is 38.1 Å². The van der Waals surface area contributed by atoms with E-state index in [-0.39, 0.29) is 0 Å². The van der Waals surface area contributed by atoms with Crippen molar-refractivity contribution in [1.29, 1.82) is 0 Å². The first-order valence-electron chi connectivity index (χ1n) is 7.86. The van der Waals surface area contributed by atoms with Gasteiger partial charge in [0.05, 0.1) is 0 Å². The smallest absolute Gasteiger partial charge is 0.00471 e. The molecular weight excluding hydrogens is 220 g/mol. The molecule has 0 heterocycles. The molecule has 2 unspecified atom stereocenters. The van der Waals surface area contributed by atoms with Gasteiger partial charge in [-0.25, -0.2) is 0 Å². The Hall–Kier alpha value is -0.0800. The Labute approximate surface area is 115 Å². The van der Waals surface area contributed by atoms with E-state index >= 15 is 0 Å². The zero-order valence-electron chi connectivity index (χ0n) is 13.3. The highest BCUT2D eigenvalue weighted by Gasteiger charge is 2.35. The third kappa shape index (κ3) is 5.27. The minimum absolute atomic E-state index is 0.525. The lowest BCUT2D eigenvalue weighted by atomic mass is 9.69. The topological polar surface area (TPSA) is 15.3 Å². The summed E-state index contributed by atoms with van der Waals surface area (Å²) in [5.74, 6) is 1.66. The molecule has 2 nitrogen and oxygen atoms in total. The van der Waals surface area contributed by atoms with E-state index in [1.807, 2.05) is 0 Å². The van der Waals surface area contributed by atoms with Crippen LogP contribution >= 0.6 is 0 Å². The number of nitrogens with one attached hydrogen (secondary N) is 1. The second kappa shape index (κ2) is 7.49. The zero-order chi connectivity index (χ0) is 13.6. The maximum Gasteiger partial charge on any atom is 0.00471 e. The van der Waals surface area contributed by atoms with E-state index in [2.05, 4.69) is 45.0 Å². The van der Waals surface area contributed by atoms with E-state index in [1.165, 1.54) is 45.3 Å². The van der Waals surface area contributed by atoms with Gasteiger partial charge < -0.3 is 10.2 Å². The van der Waals surface area contributed by atoms with Gasteiger partial charge in [-0.15, -0.1) is 0 Å². The van der Waals surface area contributed by atoms with Crippen molar-refractivity contribution in [2.75, 3.05) is 33.2 Å². The molecule has 0 aliphatic heterocycles. The molecule has 108 valence electrons. The average Bonchev–Trinajstić information content (AvgIpc) is 2.28. The molecule has 0 aromatic heterocycles. The predicted octanol–water partition coefficient (Wildman–Crippen LogP) is 3.38. The summed E-state index contributed by atoms with van der Waals surface area (Å²) in [4.78, 5) is 2.50. The number of nitrogens with zero attached hydrogens (tertiary/aromatic N) is 1. The monoisotopic (exact) mass is 254 g/mol. The fourth-order valence-electron chi connectivity index (χ4n) is 3.44. The molecule has 1 rings (SSSR count). The summed E-state index contributed by atoms with van der Waals surface area (Å²) in [5.41, 5.74) is 0.525. The molecule has 1 saturated carbocycles. The summed E-state index contributed by atoms with van der Waals surface area (Å²) in [5, 5.41) is 3.72. The fourth-order valence-corrected chi connectivity index (χ4v) is 3.44. The standard InChI is InChI=1S/C16H34N2/c1-6-18(5)13-16(12-17-11-14(2)3)9-7-8-15(4)10-16/h14-15,17H,6-13H2,1-5H3. The fraction of sp³-hybridized carbons (Fsp3) is 1.00. The van der Waals surface area contributed by atoms with Crippen molar-refractivity contribution in [3.8, 4) is 0 Å². The van der Waals surface area contributed by atoms with Gasteiger partial charge in [0, 0.05) is 13.1 Å². The van der Waals surface area contributed by atoms with E-state index < -0.39 is 0 Å². The average molecular weight is 254 g/mol. The quantitative estimate of drug-likeness (QED) is 0.749. The molecule has 0 amide bonds. The lowest BCUT2D eigenvalue weighted by Gasteiger charge is -2.43. The van der Waals surface area contributed by atoms with Crippen LogP contribution in [0.5, 0.6) is 0 Å². The van der Waals surface area contributed by atoms with E-state index in [4.69, 9.17) is 0 Å². The minimum atomic E-state index is 0.525. The van der Waals surface area contributed by atoms with Gasteiger partial charge in [0.2, 0.25) is 0 Å². The van der Waals surface area contributed by atoms with E-state index in [1.54, 1.807) is 0 Å². The molecule has 1 fully saturated rings. The van der Waals surface area contributed by atoms with Crippen molar-refractivity contribution in [1.82, 2.24) is 10.2 Å². The summed E-state index contributed by atoms with van der Waals surface area (Å²) >= 11 is 0. The van der Waals surface area contributed by atoms with Crippen LogP contribution in [0.25, 0.3) is 0 Å². The second-order valence-electron chi connectivity index (χ2n) is 7.06. The third-order valence-electron chi connectivity index (χ3n) is 4.38. The van der Waals surface area contributed by atoms with Crippen LogP contribution in [0.1, 0.15) is 53.4 Å². The van der Waals surface area contributed by atoms with Crippen LogP contribution in [0.2, 0.25) is 0 Å². The van der Waals surface area contributed by atoms with E-state index in [0.717, 1.165) is 18.4 Å². The van der Waals surface area contributed by atoms with Crippen molar-refractivity contribution in [3.63, 3.8) is 0 Å². The Morgan fingerprint density at radius 3 is 2.67 bits per heavy atom. The van der Waals surface area contributed by atoms with Gasteiger partial charge in [0.25, 0.3) is 0 Å². The molecule has 0 aromatic carbocycles. The Bertz CT molecular complexity index is 227. The molecule has 0 saturated heterocycles. The van der Waals surface area contributed by atoms with Crippen molar-refractivity contribution in [3.05, 3.63) is 0 Å². The van der Waals surface area contributed by atoms with Gasteiger partial charge in [-0.1, -0.05) is 40.5 Å². The van der Waals surface area contributed by atoms with Crippen LogP contribution in [0.3, 0.4) is 0 Å². The first-order valence-corrected chi connectivity index (χ1v) is 7.86. The molecule has 2 atom stereocenters. The van der Waals surface area contributed by atoms with Crippen LogP contribution in [0.4, 0.5) is 0 Å². The minimum Gasteiger partial charge on any atom is -0.316 e. The van der Waals surface area contributed by atoms with Crippen LogP contribution in [0, 0.1) is 17.3 Å². The summed E-state index contributed by atoms with van der Waals surface area (Å²) in [6, 6.07) is 0. The number of hydrogen-bond acceptors (Lipinski definition) is 2. The van der Waals surface area contributed by atoms with Gasteiger partial charge >= 0.3 is 0 Å². The Kier molecular flexibility index (Phi) is 6.65. The molecule has 0 spiro atoms. The van der Waals surface area contributed by atoms with Gasteiger partial charge in [-0.3, -0.25) is 0 Å². The molecular formula is C16H34N2. The Morgan fingerprint density at radius 1 is 1.39 bits per heavy atom. The number of rotatable bonds is 7. The lowest BCUT2D eigenvalue weighted by Crippen LogP contribution is -2.46. The highest BCUT2D eigenvalue weighted by Crippen LogP contribution is 2.39. The molecule has 0 bridgehead atoms. The van der Waals surface area contributed by atoms with E-state index in [0.29, 0.717) is 5.41 Å². The normalized spacial score (nSPS) is 29.2. The molecule has 1 aliphatic rings. The lowest BCUT2D eigenvalue weighted by molar-refractivity contribution is 0.0934. The van der Waals surface area contributed by atoms with Gasteiger partial charge in [-0.05, 0) is 50.2 Å². The van der Waals surface area contributed by atoms with Gasteiger partial charge in [0.15, 0.2) is 0 Å². The van der Waals surface area contributed by atoms with Crippen molar-refractivity contribution < 1.29 is 0 Å². The molecule has 2 heteroatoms. The maximum absolute atomic E-state index is 3.72. The van der Waals surface area contributed by atoms with Crippen LogP contribution in [-0.2, 0) is 0 Å². The Balaban J connectivity index is 2.55.